The summed E-state index contributed by atoms with van der Waals surface area (Å²) >= 11 is 0. The van der Waals surface area contributed by atoms with Crippen LogP contribution >= 0.6 is 0 Å². The summed E-state index contributed by atoms with van der Waals surface area (Å²) in [6.07, 6.45) is -0.117. The van der Waals surface area contributed by atoms with E-state index < -0.39 is 29.3 Å². The average molecular weight is 349 g/mol. The molecule has 2 amide bonds. The predicted octanol–water partition coefficient (Wildman–Crippen LogP) is 2.65. The van der Waals surface area contributed by atoms with Gasteiger partial charge in [-0.25, -0.2) is 0 Å². The first-order chi connectivity index (χ1) is 12.5. The third-order valence-corrected chi connectivity index (χ3v) is 4.64. The average Bonchev–Trinajstić information content (AvgIpc) is 2.91. The lowest BCUT2D eigenvalue weighted by Gasteiger charge is -2.19. The maximum absolute atomic E-state index is 12.8. The van der Waals surface area contributed by atoms with Gasteiger partial charge in [0.2, 0.25) is 11.8 Å². The number of benzene rings is 2. The van der Waals surface area contributed by atoms with Crippen LogP contribution in [0.2, 0.25) is 0 Å². The van der Waals surface area contributed by atoms with Gasteiger partial charge in [0.05, 0.1) is 18.4 Å². The Bertz CT molecular complexity index is 845. The van der Waals surface area contributed by atoms with Crippen molar-refractivity contribution in [1.29, 1.82) is 0 Å². The predicted molar refractivity (Wildman–Crippen MR) is 95.0 cm³/mol. The Morgan fingerprint density at radius 2 is 1.58 bits per heavy atom. The highest BCUT2D eigenvalue weighted by atomic mass is 16.2. The van der Waals surface area contributed by atoms with Crippen LogP contribution in [0.25, 0.3) is 0 Å². The van der Waals surface area contributed by atoms with Crippen LogP contribution in [0.4, 0.5) is 0 Å². The van der Waals surface area contributed by atoms with Gasteiger partial charge in [-0.2, -0.15) is 0 Å². The molecule has 0 N–H and O–H groups in total. The van der Waals surface area contributed by atoms with Crippen LogP contribution in [-0.2, 0) is 20.9 Å². The molecule has 1 heterocycles. The first kappa shape index (κ1) is 17.7. The van der Waals surface area contributed by atoms with E-state index in [-0.39, 0.29) is 18.9 Å². The largest absolute Gasteiger partial charge is 0.299 e. The van der Waals surface area contributed by atoms with Crippen LogP contribution in [0, 0.1) is 11.8 Å². The number of ketones is 2. The van der Waals surface area contributed by atoms with Gasteiger partial charge in [0, 0.05) is 12.0 Å². The molecule has 0 aliphatic carbocycles. The molecule has 0 aromatic heterocycles. The Hall–Kier alpha value is -3.08. The SMILES string of the molecule is CC(=O)C(C(=O)c1ccccc1)[C@H]1CC(=O)N(Cc2ccccc2)C1=O. The second-order valence-corrected chi connectivity index (χ2v) is 6.43. The molecule has 1 aliphatic rings. The minimum atomic E-state index is -1.13. The van der Waals surface area contributed by atoms with Gasteiger partial charge in [-0.05, 0) is 12.5 Å². The molecular formula is C21H19NO4. The maximum atomic E-state index is 12.8. The molecule has 1 unspecified atom stereocenters. The number of nitrogens with zero attached hydrogens (tertiary/aromatic N) is 1. The molecular weight excluding hydrogens is 330 g/mol. The highest BCUT2D eigenvalue weighted by Crippen LogP contribution is 2.31. The van der Waals surface area contributed by atoms with Crippen LogP contribution in [0.15, 0.2) is 60.7 Å². The lowest BCUT2D eigenvalue weighted by molar-refractivity contribution is -0.141. The number of amides is 2. The Morgan fingerprint density at radius 3 is 2.15 bits per heavy atom. The molecule has 5 heteroatoms. The summed E-state index contributed by atoms with van der Waals surface area (Å²) in [5.74, 6) is -3.68. The van der Waals surface area contributed by atoms with E-state index >= 15 is 0 Å². The molecule has 0 radical (unpaired) electrons. The van der Waals surface area contributed by atoms with Crippen molar-refractivity contribution in [2.24, 2.45) is 11.8 Å². The lowest BCUT2D eigenvalue weighted by atomic mass is 9.82. The van der Waals surface area contributed by atoms with Crippen molar-refractivity contribution in [2.45, 2.75) is 19.9 Å². The highest BCUT2D eigenvalue weighted by Gasteiger charge is 2.47. The van der Waals surface area contributed by atoms with Gasteiger partial charge in [-0.1, -0.05) is 60.7 Å². The third kappa shape index (κ3) is 3.47. The van der Waals surface area contributed by atoms with Crippen LogP contribution in [-0.4, -0.2) is 28.3 Å². The topological polar surface area (TPSA) is 71.5 Å². The second kappa shape index (κ2) is 7.44. The zero-order valence-corrected chi connectivity index (χ0v) is 14.4. The van der Waals surface area contributed by atoms with Gasteiger partial charge < -0.3 is 0 Å². The molecule has 0 spiro atoms. The molecule has 1 fully saturated rings. The highest BCUT2D eigenvalue weighted by molar-refractivity contribution is 6.15. The first-order valence-corrected chi connectivity index (χ1v) is 8.47. The zero-order chi connectivity index (χ0) is 18.7. The number of carbonyl (C=O) groups excluding carboxylic acids is 4. The molecule has 132 valence electrons. The molecule has 26 heavy (non-hydrogen) atoms. The normalized spacial score (nSPS) is 18.0. The van der Waals surface area contributed by atoms with E-state index in [9.17, 15) is 19.2 Å². The van der Waals surface area contributed by atoms with E-state index in [4.69, 9.17) is 0 Å². The summed E-state index contributed by atoms with van der Waals surface area (Å²) in [5.41, 5.74) is 1.19. The van der Waals surface area contributed by atoms with E-state index in [1.165, 1.54) is 6.92 Å². The molecule has 2 aromatic rings. The first-order valence-electron chi connectivity index (χ1n) is 8.47. The number of imide groups is 1. The number of hydrogen-bond acceptors (Lipinski definition) is 4. The monoisotopic (exact) mass is 349 g/mol. The van der Waals surface area contributed by atoms with Crippen molar-refractivity contribution in [3.8, 4) is 0 Å². The van der Waals surface area contributed by atoms with Crippen molar-refractivity contribution < 1.29 is 19.2 Å². The van der Waals surface area contributed by atoms with Gasteiger partial charge >= 0.3 is 0 Å². The Morgan fingerprint density at radius 1 is 1.00 bits per heavy atom. The number of Topliss-reactive ketones (excluding diaryl/α,β-unsaturated/α-hetero) is 2. The van der Waals surface area contributed by atoms with Crippen molar-refractivity contribution >= 4 is 23.4 Å². The summed E-state index contributed by atoms with van der Waals surface area (Å²) < 4.78 is 0. The lowest BCUT2D eigenvalue weighted by Crippen LogP contribution is -2.36. The Labute approximate surface area is 151 Å². The van der Waals surface area contributed by atoms with Gasteiger partial charge in [-0.15, -0.1) is 0 Å². The van der Waals surface area contributed by atoms with Crippen LogP contribution in [0.1, 0.15) is 29.3 Å². The minimum Gasteiger partial charge on any atom is -0.299 e. The number of hydrogen-bond donors (Lipinski definition) is 0. The molecule has 5 nitrogen and oxygen atoms in total. The van der Waals surface area contributed by atoms with E-state index in [2.05, 4.69) is 0 Å². The van der Waals surface area contributed by atoms with Crippen molar-refractivity contribution in [1.82, 2.24) is 4.90 Å². The van der Waals surface area contributed by atoms with Crippen LogP contribution in [0.5, 0.6) is 0 Å². The maximum Gasteiger partial charge on any atom is 0.234 e. The summed E-state index contributed by atoms with van der Waals surface area (Å²) in [4.78, 5) is 51.3. The number of likely N-dealkylation sites (tertiary alicyclic amines) is 1. The van der Waals surface area contributed by atoms with Crippen molar-refractivity contribution in [2.75, 3.05) is 0 Å². The van der Waals surface area contributed by atoms with Crippen LogP contribution in [0.3, 0.4) is 0 Å². The quantitative estimate of drug-likeness (QED) is 0.457. The summed E-state index contributed by atoms with van der Waals surface area (Å²) in [6.45, 7) is 1.45. The summed E-state index contributed by atoms with van der Waals surface area (Å²) in [7, 11) is 0. The Kier molecular flexibility index (Phi) is 5.07. The van der Waals surface area contributed by atoms with Gasteiger partial charge in [0.15, 0.2) is 5.78 Å². The zero-order valence-electron chi connectivity index (χ0n) is 14.4. The fourth-order valence-corrected chi connectivity index (χ4v) is 3.33. The third-order valence-electron chi connectivity index (χ3n) is 4.64. The van der Waals surface area contributed by atoms with E-state index in [1.54, 1.807) is 30.3 Å². The molecule has 2 atom stereocenters. The number of carbonyl (C=O) groups is 4. The van der Waals surface area contributed by atoms with Gasteiger partial charge in [0.25, 0.3) is 0 Å². The summed E-state index contributed by atoms with van der Waals surface area (Å²) in [5, 5.41) is 0. The van der Waals surface area contributed by atoms with Crippen molar-refractivity contribution in [3.05, 3.63) is 71.8 Å². The standard InChI is InChI=1S/C21H19NO4/c1-14(23)19(20(25)16-10-6-3-7-11-16)17-12-18(24)22(21(17)26)13-15-8-4-2-5-9-15/h2-11,17,19H,12-13H2,1H3/t17-,19?/m1/s1. The van der Waals surface area contributed by atoms with E-state index in [0.29, 0.717) is 5.56 Å². The van der Waals surface area contributed by atoms with Gasteiger partial charge in [-0.3, -0.25) is 24.1 Å². The molecule has 0 saturated carbocycles. The Balaban J connectivity index is 1.85. The molecule has 1 aliphatic heterocycles. The minimum absolute atomic E-state index is 0.117. The molecule has 2 aromatic carbocycles. The smallest absolute Gasteiger partial charge is 0.234 e. The van der Waals surface area contributed by atoms with Gasteiger partial charge in [0.1, 0.15) is 5.78 Å². The molecule has 0 bridgehead atoms. The van der Waals surface area contributed by atoms with E-state index in [0.717, 1.165) is 10.5 Å². The molecule has 1 saturated heterocycles. The fraction of sp³-hybridized carbons (Fsp3) is 0.238. The fourth-order valence-electron chi connectivity index (χ4n) is 3.33. The van der Waals surface area contributed by atoms with E-state index in [1.807, 2.05) is 30.3 Å². The summed E-state index contributed by atoms with van der Waals surface area (Å²) in [6, 6.07) is 17.6. The second-order valence-electron chi connectivity index (χ2n) is 6.43. The van der Waals surface area contributed by atoms with Crippen molar-refractivity contribution in [3.63, 3.8) is 0 Å². The molecule has 3 rings (SSSR count). The number of rotatable bonds is 6. The van der Waals surface area contributed by atoms with Crippen LogP contribution < -0.4 is 0 Å².